The molecule has 0 heterocycles. The van der Waals surface area contributed by atoms with Crippen LogP contribution in [0.15, 0.2) is 24.3 Å². The second-order valence-electron chi connectivity index (χ2n) is 7.63. The standard InChI is InChI=1S/C23H30F2O/c1-3-5-6-7-16-8-10-17(11-9-16)18-12-13-19-15-21(26-4-2)23(25)22(24)20(19)14-18/h12-17H,3-11H2,1-2H3. The number of hydrogen-bond donors (Lipinski definition) is 0. The quantitative estimate of drug-likeness (QED) is 0.468. The maximum Gasteiger partial charge on any atom is 0.201 e. The molecule has 3 heteroatoms. The van der Waals surface area contributed by atoms with Gasteiger partial charge < -0.3 is 4.74 Å². The van der Waals surface area contributed by atoms with E-state index in [0.29, 0.717) is 23.3 Å². The van der Waals surface area contributed by atoms with Crippen LogP contribution in [0.5, 0.6) is 5.75 Å². The molecule has 0 spiro atoms. The number of hydrogen-bond acceptors (Lipinski definition) is 1. The largest absolute Gasteiger partial charge is 0.491 e. The van der Waals surface area contributed by atoms with Gasteiger partial charge in [0.2, 0.25) is 5.82 Å². The van der Waals surface area contributed by atoms with Gasteiger partial charge in [-0.3, -0.25) is 0 Å². The molecule has 0 radical (unpaired) electrons. The summed E-state index contributed by atoms with van der Waals surface area (Å²) in [6.45, 7) is 4.33. The summed E-state index contributed by atoms with van der Waals surface area (Å²) >= 11 is 0. The lowest BCUT2D eigenvalue weighted by atomic mass is 9.77. The highest BCUT2D eigenvalue weighted by atomic mass is 19.2. The summed E-state index contributed by atoms with van der Waals surface area (Å²) in [6.07, 6.45) is 10.1. The van der Waals surface area contributed by atoms with Crippen LogP contribution in [0.1, 0.15) is 76.7 Å². The van der Waals surface area contributed by atoms with E-state index in [9.17, 15) is 8.78 Å². The fourth-order valence-corrected chi connectivity index (χ4v) is 4.30. The molecule has 0 aliphatic heterocycles. The van der Waals surface area contributed by atoms with Gasteiger partial charge in [0.1, 0.15) is 0 Å². The molecule has 26 heavy (non-hydrogen) atoms. The molecule has 3 rings (SSSR count). The summed E-state index contributed by atoms with van der Waals surface area (Å²) < 4.78 is 33.9. The van der Waals surface area contributed by atoms with Crippen LogP contribution in [0.25, 0.3) is 10.8 Å². The third-order valence-corrected chi connectivity index (χ3v) is 5.84. The Morgan fingerprint density at radius 1 is 0.962 bits per heavy atom. The molecule has 0 N–H and O–H groups in total. The zero-order chi connectivity index (χ0) is 18.5. The molecule has 0 saturated heterocycles. The maximum atomic E-state index is 14.5. The van der Waals surface area contributed by atoms with Crippen molar-refractivity contribution in [3.8, 4) is 5.75 Å². The zero-order valence-electron chi connectivity index (χ0n) is 16.0. The van der Waals surface area contributed by atoms with Crippen LogP contribution in [0.4, 0.5) is 8.78 Å². The predicted octanol–water partition coefficient (Wildman–Crippen LogP) is 7.37. The normalized spacial score (nSPS) is 20.5. The first-order valence-electron chi connectivity index (χ1n) is 10.2. The summed E-state index contributed by atoms with van der Waals surface area (Å²) in [6, 6.07) is 7.44. The van der Waals surface area contributed by atoms with Crippen LogP contribution in [-0.4, -0.2) is 6.61 Å². The van der Waals surface area contributed by atoms with E-state index in [-0.39, 0.29) is 5.75 Å². The van der Waals surface area contributed by atoms with Crippen molar-refractivity contribution in [2.75, 3.05) is 6.61 Å². The minimum absolute atomic E-state index is 0.00200. The average Bonchev–Trinajstić information content (AvgIpc) is 2.67. The van der Waals surface area contributed by atoms with Gasteiger partial charge >= 0.3 is 0 Å². The Kier molecular flexibility index (Phi) is 6.50. The van der Waals surface area contributed by atoms with Gasteiger partial charge in [-0.25, -0.2) is 4.39 Å². The summed E-state index contributed by atoms with van der Waals surface area (Å²) in [5.74, 6) is -0.355. The Morgan fingerprint density at radius 2 is 1.73 bits per heavy atom. The highest BCUT2D eigenvalue weighted by Crippen LogP contribution is 2.39. The molecular weight excluding hydrogens is 330 g/mol. The molecule has 2 aromatic carbocycles. The molecule has 2 aromatic rings. The second kappa shape index (κ2) is 8.83. The van der Waals surface area contributed by atoms with Gasteiger partial charge in [0, 0.05) is 5.39 Å². The predicted molar refractivity (Wildman–Crippen MR) is 104 cm³/mol. The first-order valence-corrected chi connectivity index (χ1v) is 10.2. The van der Waals surface area contributed by atoms with Crippen molar-refractivity contribution in [3.63, 3.8) is 0 Å². The van der Waals surface area contributed by atoms with E-state index in [2.05, 4.69) is 13.0 Å². The van der Waals surface area contributed by atoms with Gasteiger partial charge in [-0.15, -0.1) is 0 Å². The van der Waals surface area contributed by atoms with Crippen molar-refractivity contribution in [1.82, 2.24) is 0 Å². The van der Waals surface area contributed by atoms with E-state index in [0.717, 1.165) is 24.3 Å². The Labute approximate surface area is 155 Å². The molecule has 0 unspecified atom stereocenters. The summed E-state index contributed by atoms with van der Waals surface area (Å²) in [7, 11) is 0. The van der Waals surface area contributed by atoms with E-state index < -0.39 is 11.6 Å². The lowest BCUT2D eigenvalue weighted by molar-refractivity contribution is 0.303. The minimum atomic E-state index is -0.879. The molecule has 1 aliphatic carbocycles. The molecule has 1 nitrogen and oxygen atoms in total. The van der Waals surface area contributed by atoms with Crippen molar-refractivity contribution in [1.29, 1.82) is 0 Å². The molecular formula is C23H30F2O. The number of rotatable bonds is 7. The Hall–Kier alpha value is -1.64. The second-order valence-corrected chi connectivity index (χ2v) is 7.63. The number of fused-ring (bicyclic) bond motifs is 1. The summed E-state index contributed by atoms with van der Waals surface area (Å²) in [5.41, 5.74) is 1.15. The van der Waals surface area contributed by atoms with Gasteiger partial charge in [0.25, 0.3) is 0 Å². The molecule has 0 aromatic heterocycles. The molecule has 0 amide bonds. The third-order valence-electron chi connectivity index (χ3n) is 5.84. The molecule has 1 aliphatic rings. The Balaban J connectivity index is 1.74. The van der Waals surface area contributed by atoms with E-state index >= 15 is 0 Å². The number of halogens is 2. The van der Waals surface area contributed by atoms with Gasteiger partial charge in [0.15, 0.2) is 11.6 Å². The number of unbranched alkanes of at least 4 members (excludes halogenated alkanes) is 2. The molecule has 0 atom stereocenters. The summed E-state index contributed by atoms with van der Waals surface area (Å²) in [5, 5.41) is 1.07. The van der Waals surface area contributed by atoms with Crippen LogP contribution in [0, 0.1) is 17.6 Å². The SMILES string of the molecule is CCCCCC1CCC(c2ccc3cc(OCC)c(F)c(F)c3c2)CC1. The first kappa shape index (κ1) is 19.1. The fourth-order valence-electron chi connectivity index (χ4n) is 4.30. The highest BCUT2D eigenvalue weighted by molar-refractivity contribution is 5.85. The topological polar surface area (TPSA) is 9.23 Å². The van der Waals surface area contributed by atoms with E-state index in [1.54, 1.807) is 13.0 Å². The lowest BCUT2D eigenvalue weighted by Crippen LogP contribution is -2.13. The van der Waals surface area contributed by atoms with Gasteiger partial charge in [0.05, 0.1) is 6.61 Å². The van der Waals surface area contributed by atoms with Crippen molar-refractivity contribution >= 4 is 10.8 Å². The van der Waals surface area contributed by atoms with Crippen LogP contribution >= 0.6 is 0 Å². The van der Waals surface area contributed by atoms with Crippen LogP contribution in [0.3, 0.4) is 0 Å². The monoisotopic (exact) mass is 360 g/mol. The summed E-state index contributed by atoms with van der Waals surface area (Å²) in [4.78, 5) is 0. The average molecular weight is 360 g/mol. The molecule has 0 bridgehead atoms. The van der Waals surface area contributed by atoms with Crippen molar-refractivity contribution in [3.05, 3.63) is 41.5 Å². The number of ether oxygens (including phenoxy) is 1. The number of benzene rings is 2. The minimum Gasteiger partial charge on any atom is -0.491 e. The third kappa shape index (κ3) is 4.19. The van der Waals surface area contributed by atoms with Gasteiger partial charge in [-0.05, 0) is 67.5 Å². The van der Waals surface area contributed by atoms with Crippen molar-refractivity contribution in [2.24, 2.45) is 5.92 Å². The van der Waals surface area contributed by atoms with Crippen molar-refractivity contribution < 1.29 is 13.5 Å². The highest BCUT2D eigenvalue weighted by Gasteiger charge is 2.23. The van der Waals surface area contributed by atoms with Crippen LogP contribution < -0.4 is 4.74 Å². The van der Waals surface area contributed by atoms with Gasteiger partial charge in [-0.1, -0.05) is 44.7 Å². The first-order chi connectivity index (χ1) is 12.6. The van der Waals surface area contributed by atoms with E-state index in [1.807, 2.05) is 12.1 Å². The van der Waals surface area contributed by atoms with Crippen molar-refractivity contribution in [2.45, 2.75) is 71.1 Å². The van der Waals surface area contributed by atoms with Crippen LogP contribution in [-0.2, 0) is 0 Å². The van der Waals surface area contributed by atoms with Gasteiger partial charge in [-0.2, -0.15) is 4.39 Å². The Bertz CT molecular complexity index is 733. The van der Waals surface area contributed by atoms with E-state index in [4.69, 9.17) is 4.74 Å². The molecule has 142 valence electrons. The molecule has 1 fully saturated rings. The fraction of sp³-hybridized carbons (Fsp3) is 0.565. The molecule has 1 saturated carbocycles. The van der Waals surface area contributed by atoms with E-state index in [1.165, 1.54) is 38.5 Å². The Morgan fingerprint density at radius 3 is 2.42 bits per heavy atom. The smallest absolute Gasteiger partial charge is 0.201 e. The lowest BCUT2D eigenvalue weighted by Gasteiger charge is -2.29. The zero-order valence-corrected chi connectivity index (χ0v) is 16.0. The maximum absolute atomic E-state index is 14.5. The van der Waals surface area contributed by atoms with Crippen LogP contribution in [0.2, 0.25) is 0 Å².